The molecule has 3 N–H and O–H groups in total. The lowest BCUT2D eigenvalue weighted by Crippen LogP contribution is -2.43. The largest absolute Gasteiger partial charge is 0.379 e. The Bertz CT molecular complexity index is 962. The summed E-state index contributed by atoms with van der Waals surface area (Å²) in [6, 6.07) is 14.9. The molecular weight excluding hydrogens is 408 g/mol. The van der Waals surface area contributed by atoms with Crippen LogP contribution in [0.2, 0.25) is 0 Å². The Morgan fingerprint density at radius 1 is 0.906 bits per heavy atom. The van der Waals surface area contributed by atoms with E-state index >= 15 is 0 Å². The second kappa shape index (κ2) is 10.4. The molecule has 0 atom stereocenters. The Morgan fingerprint density at radius 2 is 1.56 bits per heavy atom. The van der Waals surface area contributed by atoms with Crippen LogP contribution in [0.25, 0.3) is 0 Å². The van der Waals surface area contributed by atoms with E-state index in [1.807, 2.05) is 12.1 Å². The number of rotatable bonds is 6. The Morgan fingerprint density at radius 3 is 2.28 bits per heavy atom. The van der Waals surface area contributed by atoms with Gasteiger partial charge in [0.1, 0.15) is 0 Å². The van der Waals surface area contributed by atoms with Gasteiger partial charge in [-0.15, -0.1) is 0 Å². The van der Waals surface area contributed by atoms with Crippen molar-refractivity contribution in [1.82, 2.24) is 15.5 Å². The van der Waals surface area contributed by atoms with Crippen LogP contribution in [-0.4, -0.2) is 68.1 Å². The zero-order valence-electron chi connectivity index (χ0n) is 17.9. The summed E-state index contributed by atoms with van der Waals surface area (Å²) in [5.74, 6) is -1.79. The number of anilines is 1. The van der Waals surface area contributed by atoms with Crippen LogP contribution >= 0.6 is 0 Å². The third-order valence-electron chi connectivity index (χ3n) is 5.83. The molecule has 0 bridgehead atoms. The van der Waals surface area contributed by atoms with E-state index < -0.39 is 11.8 Å². The lowest BCUT2D eigenvalue weighted by atomic mass is 10.1. The maximum absolute atomic E-state index is 12.9. The maximum atomic E-state index is 12.9. The van der Waals surface area contributed by atoms with Crippen molar-refractivity contribution >= 4 is 23.4 Å². The van der Waals surface area contributed by atoms with Crippen molar-refractivity contribution in [1.29, 1.82) is 0 Å². The summed E-state index contributed by atoms with van der Waals surface area (Å²) in [6.07, 6.45) is 1.56. The van der Waals surface area contributed by atoms with Gasteiger partial charge in [0.25, 0.3) is 5.91 Å². The smallest absolute Gasteiger partial charge is 0.313 e. The molecule has 1 fully saturated rings. The van der Waals surface area contributed by atoms with E-state index in [4.69, 9.17) is 4.74 Å². The van der Waals surface area contributed by atoms with Gasteiger partial charge < -0.3 is 20.7 Å². The second-order valence-corrected chi connectivity index (χ2v) is 8.06. The Balaban J connectivity index is 1.30. The molecule has 168 valence electrons. The Labute approximate surface area is 187 Å². The van der Waals surface area contributed by atoms with Crippen molar-refractivity contribution in [3.05, 3.63) is 65.2 Å². The highest BCUT2D eigenvalue weighted by Gasteiger charge is 2.24. The highest BCUT2D eigenvalue weighted by atomic mass is 16.5. The summed E-state index contributed by atoms with van der Waals surface area (Å²) in [6.45, 7) is 4.02. The number of benzene rings is 2. The summed E-state index contributed by atoms with van der Waals surface area (Å²) >= 11 is 0. The van der Waals surface area contributed by atoms with Gasteiger partial charge in [0, 0.05) is 32.2 Å². The fourth-order valence-corrected chi connectivity index (χ4v) is 4.13. The quantitative estimate of drug-likeness (QED) is 0.586. The van der Waals surface area contributed by atoms with Gasteiger partial charge in [-0.3, -0.25) is 19.3 Å². The van der Waals surface area contributed by atoms with Crippen LogP contribution < -0.4 is 16.0 Å². The first-order valence-electron chi connectivity index (χ1n) is 11.0. The van der Waals surface area contributed by atoms with Gasteiger partial charge >= 0.3 is 11.8 Å². The molecule has 2 aromatic carbocycles. The molecule has 0 aromatic heterocycles. The average molecular weight is 437 g/mol. The highest BCUT2D eigenvalue weighted by molar-refractivity contribution is 6.40. The van der Waals surface area contributed by atoms with E-state index in [1.165, 1.54) is 11.1 Å². The fraction of sp³-hybridized carbons (Fsp3) is 0.375. The minimum absolute atomic E-state index is 0.00661. The van der Waals surface area contributed by atoms with E-state index in [1.54, 1.807) is 24.3 Å². The van der Waals surface area contributed by atoms with E-state index in [0.717, 1.165) is 25.9 Å². The van der Waals surface area contributed by atoms with Gasteiger partial charge in [-0.2, -0.15) is 0 Å². The molecule has 8 nitrogen and oxygen atoms in total. The van der Waals surface area contributed by atoms with Crippen LogP contribution in [0.1, 0.15) is 21.5 Å². The van der Waals surface area contributed by atoms with Gasteiger partial charge in [-0.25, -0.2) is 0 Å². The molecule has 0 saturated carbocycles. The van der Waals surface area contributed by atoms with Gasteiger partial charge in [0.2, 0.25) is 0 Å². The van der Waals surface area contributed by atoms with Crippen LogP contribution in [0.4, 0.5) is 5.69 Å². The summed E-state index contributed by atoms with van der Waals surface area (Å²) in [5.41, 5.74) is 3.13. The second-order valence-electron chi connectivity index (χ2n) is 8.06. The highest BCUT2D eigenvalue weighted by Crippen LogP contribution is 2.23. The molecule has 1 saturated heterocycles. The van der Waals surface area contributed by atoms with Crippen molar-refractivity contribution in [2.24, 2.45) is 0 Å². The van der Waals surface area contributed by atoms with Crippen LogP contribution in [0.3, 0.4) is 0 Å². The SMILES string of the molecule is O=C(NCCN1CCOCC1)C(=O)Nc1ccccc1C(=O)NC1Cc2ccccc2C1. The van der Waals surface area contributed by atoms with Crippen LogP contribution in [-0.2, 0) is 27.2 Å². The number of morpholine rings is 1. The lowest BCUT2D eigenvalue weighted by Gasteiger charge is -2.26. The standard InChI is InChI=1S/C24H28N4O4/c29-22(26-19-15-17-5-1-2-6-18(17)16-19)20-7-3-4-8-21(20)27-24(31)23(30)25-9-10-28-11-13-32-14-12-28/h1-8,19H,9-16H2,(H,25,30)(H,26,29)(H,27,31). The van der Waals surface area contributed by atoms with Crippen LogP contribution in [0.5, 0.6) is 0 Å². The maximum Gasteiger partial charge on any atom is 0.313 e. The van der Waals surface area contributed by atoms with Gasteiger partial charge in [-0.1, -0.05) is 36.4 Å². The topological polar surface area (TPSA) is 99.8 Å². The van der Waals surface area contributed by atoms with Crippen molar-refractivity contribution in [3.8, 4) is 0 Å². The molecular formula is C24H28N4O4. The zero-order chi connectivity index (χ0) is 22.3. The number of para-hydroxylation sites is 1. The number of hydrogen-bond acceptors (Lipinski definition) is 5. The van der Waals surface area contributed by atoms with Crippen molar-refractivity contribution in [2.45, 2.75) is 18.9 Å². The number of nitrogens with zero attached hydrogens (tertiary/aromatic N) is 1. The molecule has 0 spiro atoms. The minimum atomic E-state index is -0.791. The fourth-order valence-electron chi connectivity index (χ4n) is 4.13. The number of nitrogens with one attached hydrogen (secondary N) is 3. The van der Waals surface area contributed by atoms with Crippen molar-refractivity contribution < 1.29 is 19.1 Å². The number of fused-ring (bicyclic) bond motifs is 1. The summed E-state index contributed by atoms with van der Waals surface area (Å²) in [4.78, 5) is 39.6. The number of ether oxygens (including phenoxy) is 1. The Hall–Kier alpha value is -3.23. The molecule has 1 heterocycles. The third kappa shape index (κ3) is 5.52. The zero-order valence-corrected chi connectivity index (χ0v) is 17.9. The van der Waals surface area contributed by atoms with E-state index in [0.29, 0.717) is 37.6 Å². The number of hydrogen-bond donors (Lipinski definition) is 3. The number of carbonyl (C=O) groups excluding carboxylic acids is 3. The van der Waals surface area contributed by atoms with E-state index in [2.05, 4.69) is 33.0 Å². The summed E-state index contributed by atoms with van der Waals surface area (Å²) in [7, 11) is 0. The first-order valence-corrected chi connectivity index (χ1v) is 11.0. The van der Waals surface area contributed by atoms with E-state index in [9.17, 15) is 14.4 Å². The molecule has 2 aliphatic rings. The molecule has 0 unspecified atom stereocenters. The molecule has 1 aliphatic heterocycles. The summed E-state index contributed by atoms with van der Waals surface area (Å²) < 4.78 is 5.29. The number of carbonyl (C=O) groups is 3. The van der Waals surface area contributed by atoms with Gasteiger partial charge in [0.15, 0.2) is 0 Å². The van der Waals surface area contributed by atoms with Gasteiger partial charge in [0.05, 0.1) is 24.5 Å². The number of amides is 3. The molecule has 2 aromatic rings. The first kappa shape index (κ1) is 22.0. The third-order valence-corrected chi connectivity index (χ3v) is 5.83. The lowest BCUT2D eigenvalue weighted by molar-refractivity contribution is -0.136. The van der Waals surface area contributed by atoms with Crippen LogP contribution in [0.15, 0.2) is 48.5 Å². The van der Waals surface area contributed by atoms with Crippen LogP contribution in [0, 0.1) is 0 Å². The molecule has 4 rings (SSSR count). The van der Waals surface area contributed by atoms with Crippen molar-refractivity contribution in [3.63, 3.8) is 0 Å². The Kier molecular flexibility index (Phi) is 7.14. The molecule has 8 heteroatoms. The predicted molar refractivity (Wildman–Crippen MR) is 120 cm³/mol. The van der Waals surface area contributed by atoms with E-state index in [-0.39, 0.29) is 11.9 Å². The molecule has 0 radical (unpaired) electrons. The molecule has 32 heavy (non-hydrogen) atoms. The predicted octanol–water partition coefficient (Wildman–Crippen LogP) is 0.971. The van der Waals surface area contributed by atoms with Gasteiger partial charge in [-0.05, 0) is 36.1 Å². The average Bonchev–Trinajstić information content (AvgIpc) is 3.22. The molecule has 1 aliphatic carbocycles. The van der Waals surface area contributed by atoms with Crippen molar-refractivity contribution in [2.75, 3.05) is 44.7 Å². The minimum Gasteiger partial charge on any atom is -0.379 e. The molecule has 3 amide bonds. The normalized spacial score (nSPS) is 16.2. The first-order chi connectivity index (χ1) is 15.6. The summed E-state index contributed by atoms with van der Waals surface area (Å²) in [5, 5.41) is 8.26. The monoisotopic (exact) mass is 436 g/mol.